The van der Waals surface area contributed by atoms with E-state index in [1.807, 2.05) is 0 Å². The molecular weight excluding hydrogens is 507 g/mol. The van der Waals surface area contributed by atoms with Crippen LogP contribution in [0.25, 0.3) is 0 Å². The Hall–Kier alpha value is -2.48. The van der Waals surface area contributed by atoms with Gasteiger partial charge in [0.2, 0.25) is 10.0 Å². The fraction of sp³-hybridized carbons (Fsp3) is 0.263. The molecule has 8 nitrogen and oxygen atoms in total. The topological polar surface area (TPSA) is 113 Å². The second-order valence-electron chi connectivity index (χ2n) is 7.45. The number of hydrogen-bond acceptors (Lipinski definition) is 6. The van der Waals surface area contributed by atoms with Crippen LogP contribution in [0.1, 0.15) is 30.4 Å². The van der Waals surface area contributed by atoms with E-state index in [9.17, 15) is 34.8 Å². The summed E-state index contributed by atoms with van der Waals surface area (Å²) < 4.78 is 89.3. The standard InChI is InChI=1S/C19H15ClF3N3O5S2/c20-16-8-7-14(33(30,31)25-32(28,29)13-5-6-13)9-15(16)17-10-18(27)26(24-17)12-3-1-11(2-4-12)19(21,22)23/h1-4,7-9,13,25H,5-6,10H2. The Morgan fingerprint density at radius 3 is 2.24 bits per heavy atom. The summed E-state index contributed by atoms with van der Waals surface area (Å²) in [6.45, 7) is 0. The molecule has 0 radical (unpaired) electrons. The van der Waals surface area contributed by atoms with Crippen molar-refractivity contribution < 1.29 is 34.8 Å². The van der Waals surface area contributed by atoms with Crippen LogP contribution in [0.5, 0.6) is 0 Å². The number of anilines is 1. The maximum absolute atomic E-state index is 12.8. The fourth-order valence-corrected chi connectivity index (χ4v) is 6.77. The van der Waals surface area contributed by atoms with Crippen molar-refractivity contribution in [3.8, 4) is 0 Å². The van der Waals surface area contributed by atoms with Gasteiger partial charge in [-0.05, 0) is 55.3 Å². The summed E-state index contributed by atoms with van der Waals surface area (Å²) in [6.07, 6.45) is -4.09. The van der Waals surface area contributed by atoms with Crippen molar-refractivity contribution in [1.29, 1.82) is 0 Å². The first kappa shape index (κ1) is 23.7. The Kier molecular flexibility index (Phi) is 5.79. The minimum Gasteiger partial charge on any atom is -0.272 e. The van der Waals surface area contributed by atoms with Gasteiger partial charge in [-0.25, -0.2) is 21.8 Å². The van der Waals surface area contributed by atoms with Crippen LogP contribution in [0.4, 0.5) is 18.9 Å². The third kappa shape index (κ3) is 4.90. The van der Waals surface area contributed by atoms with E-state index >= 15 is 0 Å². The van der Waals surface area contributed by atoms with Crippen molar-refractivity contribution >= 4 is 49.0 Å². The number of nitrogens with zero attached hydrogens (tertiary/aromatic N) is 2. The van der Waals surface area contributed by atoms with Gasteiger partial charge in [-0.1, -0.05) is 11.6 Å². The Morgan fingerprint density at radius 2 is 1.67 bits per heavy atom. The number of sulfonamides is 2. The summed E-state index contributed by atoms with van der Waals surface area (Å²) in [5, 5.41) is 4.29. The average molecular weight is 522 g/mol. The molecule has 0 atom stereocenters. The number of carbonyl (C=O) groups excluding carboxylic acids is 1. The first-order valence-electron chi connectivity index (χ1n) is 9.43. The van der Waals surface area contributed by atoms with E-state index in [1.165, 1.54) is 6.07 Å². The third-order valence-electron chi connectivity index (χ3n) is 4.96. The zero-order valence-electron chi connectivity index (χ0n) is 16.5. The monoisotopic (exact) mass is 521 g/mol. The van der Waals surface area contributed by atoms with Crippen LogP contribution in [0, 0.1) is 0 Å². The normalized spacial score (nSPS) is 17.4. The lowest BCUT2D eigenvalue weighted by Gasteiger charge is -2.13. The molecule has 1 fully saturated rings. The number of nitrogens with one attached hydrogen (secondary N) is 1. The van der Waals surface area contributed by atoms with Gasteiger partial charge in [0, 0.05) is 10.6 Å². The lowest BCUT2D eigenvalue weighted by atomic mass is 10.1. The zero-order valence-corrected chi connectivity index (χ0v) is 18.9. The van der Waals surface area contributed by atoms with Crippen LogP contribution < -0.4 is 9.14 Å². The van der Waals surface area contributed by atoms with Gasteiger partial charge in [0.05, 0.1) is 33.5 Å². The Bertz CT molecular complexity index is 1370. The Balaban J connectivity index is 1.64. The summed E-state index contributed by atoms with van der Waals surface area (Å²) in [5.74, 6) is -0.566. The lowest BCUT2D eigenvalue weighted by Crippen LogP contribution is -2.33. The number of hydrazone groups is 1. The van der Waals surface area contributed by atoms with Gasteiger partial charge >= 0.3 is 6.18 Å². The van der Waals surface area contributed by atoms with E-state index in [1.54, 1.807) is 4.13 Å². The summed E-state index contributed by atoms with van der Waals surface area (Å²) in [6, 6.07) is 7.22. The molecule has 0 spiro atoms. The molecule has 1 saturated carbocycles. The molecule has 1 aliphatic carbocycles. The number of benzene rings is 2. The SMILES string of the molecule is O=C1CC(c2cc(S(=O)(=O)NS(=O)(=O)C3CC3)ccc2Cl)=NN1c1ccc(C(F)(F)F)cc1. The molecular formula is C19H15ClF3N3O5S2. The van der Waals surface area contributed by atoms with Crippen molar-refractivity contribution in [2.75, 3.05) is 5.01 Å². The molecule has 1 aliphatic heterocycles. The number of alkyl halides is 3. The highest BCUT2D eigenvalue weighted by Gasteiger charge is 2.39. The summed E-state index contributed by atoms with van der Waals surface area (Å²) >= 11 is 6.16. The van der Waals surface area contributed by atoms with Gasteiger partial charge in [-0.15, -0.1) is 4.13 Å². The number of carbonyl (C=O) groups is 1. The van der Waals surface area contributed by atoms with Crippen molar-refractivity contribution in [3.05, 3.63) is 58.6 Å². The van der Waals surface area contributed by atoms with Crippen LogP contribution in [0.3, 0.4) is 0 Å². The quantitative estimate of drug-likeness (QED) is 0.627. The minimum atomic E-state index is -4.54. The van der Waals surface area contributed by atoms with E-state index in [0.717, 1.165) is 41.4 Å². The van der Waals surface area contributed by atoms with Crippen LogP contribution >= 0.6 is 11.6 Å². The molecule has 176 valence electrons. The predicted molar refractivity (Wildman–Crippen MR) is 114 cm³/mol. The van der Waals surface area contributed by atoms with Crippen molar-refractivity contribution in [1.82, 2.24) is 4.13 Å². The predicted octanol–water partition coefficient (Wildman–Crippen LogP) is 3.27. The third-order valence-corrected chi connectivity index (χ3v) is 9.32. The molecule has 1 N–H and O–H groups in total. The van der Waals surface area contributed by atoms with Gasteiger partial charge in [0.25, 0.3) is 15.9 Å². The molecule has 2 aliphatic rings. The van der Waals surface area contributed by atoms with Crippen molar-refractivity contribution in [3.63, 3.8) is 0 Å². The summed E-state index contributed by atoms with van der Waals surface area (Å²) in [7, 11) is -8.49. The maximum atomic E-state index is 12.8. The van der Waals surface area contributed by atoms with Gasteiger partial charge < -0.3 is 0 Å². The molecule has 33 heavy (non-hydrogen) atoms. The minimum absolute atomic E-state index is 0.0554. The van der Waals surface area contributed by atoms with E-state index in [0.29, 0.717) is 12.8 Å². The molecule has 14 heteroatoms. The first-order chi connectivity index (χ1) is 15.3. The number of hydrogen-bond donors (Lipinski definition) is 1. The van der Waals surface area contributed by atoms with E-state index < -0.39 is 47.8 Å². The summed E-state index contributed by atoms with van der Waals surface area (Å²) in [4.78, 5) is 12.0. The number of halogens is 4. The van der Waals surface area contributed by atoms with E-state index in [2.05, 4.69) is 5.10 Å². The van der Waals surface area contributed by atoms with Crippen LogP contribution in [-0.2, 0) is 31.0 Å². The first-order valence-corrected chi connectivity index (χ1v) is 12.8. The fourth-order valence-electron chi connectivity index (χ4n) is 3.11. The number of amides is 1. The van der Waals surface area contributed by atoms with Gasteiger partial charge in [0.1, 0.15) is 0 Å². The van der Waals surface area contributed by atoms with E-state index in [4.69, 9.17) is 11.6 Å². The second-order valence-corrected chi connectivity index (χ2v) is 11.8. The molecule has 4 rings (SSSR count). The average Bonchev–Trinajstić information content (AvgIpc) is 3.50. The highest BCUT2D eigenvalue weighted by molar-refractivity contribution is 8.05. The van der Waals surface area contributed by atoms with Crippen LogP contribution in [-0.4, -0.2) is 33.7 Å². The Morgan fingerprint density at radius 1 is 1.03 bits per heavy atom. The molecule has 2 aromatic rings. The van der Waals surface area contributed by atoms with Crippen molar-refractivity contribution in [2.45, 2.75) is 35.6 Å². The van der Waals surface area contributed by atoms with Crippen LogP contribution in [0.2, 0.25) is 5.02 Å². The van der Waals surface area contributed by atoms with Crippen LogP contribution in [0.15, 0.2) is 52.5 Å². The molecule has 0 saturated heterocycles. The second kappa shape index (κ2) is 8.08. The molecule has 1 amide bonds. The highest BCUT2D eigenvalue weighted by Crippen LogP contribution is 2.33. The smallest absolute Gasteiger partial charge is 0.272 e. The van der Waals surface area contributed by atoms with Gasteiger partial charge in [-0.2, -0.15) is 18.3 Å². The lowest BCUT2D eigenvalue weighted by molar-refractivity contribution is -0.137. The van der Waals surface area contributed by atoms with E-state index in [-0.39, 0.29) is 28.4 Å². The number of rotatable bonds is 6. The van der Waals surface area contributed by atoms with Crippen molar-refractivity contribution in [2.24, 2.45) is 5.10 Å². The highest BCUT2D eigenvalue weighted by atomic mass is 35.5. The molecule has 2 aromatic carbocycles. The molecule has 0 aromatic heterocycles. The van der Waals surface area contributed by atoms with Gasteiger partial charge in [0.15, 0.2) is 0 Å². The molecule has 0 unspecified atom stereocenters. The maximum Gasteiger partial charge on any atom is 0.416 e. The van der Waals surface area contributed by atoms with Gasteiger partial charge in [-0.3, -0.25) is 4.79 Å². The zero-order chi connectivity index (χ0) is 24.2. The largest absolute Gasteiger partial charge is 0.416 e. The Labute approximate surface area is 192 Å². The summed E-state index contributed by atoms with van der Waals surface area (Å²) in [5.41, 5.74) is -0.657. The molecule has 1 heterocycles. The molecule has 0 bridgehead atoms.